The third-order valence-corrected chi connectivity index (χ3v) is 3.28. The van der Waals surface area contributed by atoms with E-state index in [0.717, 1.165) is 17.8 Å². The number of carbonyl (C=O) groups excluding carboxylic acids is 1. The average Bonchev–Trinajstić information content (AvgIpc) is 2.28. The molecule has 0 aliphatic rings. The van der Waals surface area contributed by atoms with Gasteiger partial charge in [-0.1, -0.05) is 11.6 Å². The van der Waals surface area contributed by atoms with Crippen LogP contribution in [0.3, 0.4) is 0 Å². The Balaban J connectivity index is 2.74. The fraction of sp³-hybridized carbons (Fsp3) is 0.300. The molecule has 1 aromatic rings. The van der Waals surface area contributed by atoms with Crippen molar-refractivity contribution < 1.29 is 13.9 Å². The number of hydrogen-bond acceptors (Lipinski definition) is 5. The number of esters is 1. The molecular weight excluding hydrogens is 267 g/mol. The average molecular weight is 279 g/mol. The molecule has 94 valence electrons. The molecule has 1 rings (SSSR count). The van der Waals surface area contributed by atoms with Gasteiger partial charge in [-0.05, 0) is 19.1 Å². The van der Waals surface area contributed by atoms with Crippen LogP contribution >= 0.6 is 23.4 Å². The van der Waals surface area contributed by atoms with E-state index in [-0.39, 0.29) is 22.4 Å². The van der Waals surface area contributed by atoms with Gasteiger partial charge < -0.3 is 10.2 Å². The van der Waals surface area contributed by atoms with E-state index in [0.29, 0.717) is 11.5 Å². The molecule has 0 radical (unpaired) electrons. The summed E-state index contributed by atoms with van der Waals surface area (Å²) in [7, 11) is 0. The summed E-state index contributed by atoms with van der Waals surface area (Å²) in [6.45, 7) is 2.05. The monoisotopic (exact) mass is 278 g/mol. The van der Waals surface area contributed by atoms with Crippen molar-refractivity contribution in [2.75, 3.05) is 17.8 Å². The van der Waals surface area contributed by atoms with Crippen molar-refractivity contribution >= 4 is 35.0 Å². The fourth-order valence-electron chi connectivity index (χ4n) is 1.09. The molecule has 0 aliphatic heterocycles. The van der Waals surface area contributed by atoms with Gasteiger partial charge in [0.05, 0.1) is 23.1 Å². The van der Waals surface area contributed by atoms with E-state index in [1.807, 2.05) is 0 Å². The molecule has 0 unspecified atom stereocenters. The molecule has 0 saturated carbocycles. The lowest BCUT2D eigenvalue weighted by atomic mass is 10.3. The highest BCUT2D eigenvalue weighted by atomic mass is 35.5. The van der Waals surface area contributed by atoms with Crippen LogP contribution in [0, 0.1) is 5.82 Å². The van der Waals surface area contributed by atoms with Crippen LogP contribution in [0.1, 0.15) is 6.92 Å². The van der Waals surface area contributed by atoms with E-state index in [2.05, 4.69) is 5.43 Å². The lowest BCUT2D eigenvalue weighted by Crippen LogP contribution is -2.09. The molecule has 0 atom stereocenters. The minimum Gasteiger partial charge on any atom is -0.465 e. The summed E-state index contributed by atoms with van der Waals surface area (Å²) in [5.74, 6) is 4.36. The first kappa shape index (κ1) is 14.1. The maximum atomic E-state index is 13.2. The van der Waals surface area contributed by atoms with Gasteiger partial charge in [-0.2, -0.15) is 0 Å². The van der Waals surface area contributed by atoms with E-state index in [9.17, 15) is 9.18 Å². The zero-order valence-corrected chi connectivity index (χ0v) is 10.7. The fourth-order valence-corrected chi connectivity index (χ4v) is 2.16. The van der Waals surface area contributed by atoms with Gasteiger partial charge in [-0.25, -0.2) is 4.39 Å². The SMILES string of the molecule is CCOC(=O)CSc1cc(NN)c(F)cc1Cl. The molecule has 4 nitrogen and oxygen atoms in total. The van der Waals surface area contributed by atoms with Crippen molar-refractivity contribution in [2.24, 2.45) is 5.84 Å². The van der Waals surface area contributed by atoms with Gasteiger partial charge in [0.1, 0.15) is 5.82 Å². The number of benzene rings is 1. The molecule has 0 aliphatic carbocycles. The number of nitrogens with one attached hydrogen (secondary N) is 1. The second-order valence-electron chi connectivity index (χ2n) is 3.00. The predicted molar refractivity (Wildman–Crippen MR) is 66.6 cm³/mol. The zero-order chi connectivity index (χ0) is 12.8. The van der Waals surface area contributed by atoms with Crippen LogP contribution in [0.4, 0.5) is 10.1 Å². The number of ether oxygens (including phenoxy) is 1. The minimum absolute atomic E-state index is 0.114. The minimum atomic E-state index is -0.544. The van der Waals surface area contributed by atoms with Crippen molar-refractivity contribution in [2.45, 2.75) is 11.8 Å². The highest BCUT2D eigenvalue weighted by Crippen LogP contribution is 2.31. The number of carbonyl (C=O) groups is 1. The number of hydrogen-bond donors (Lipinski definition) is 2. The quantitative estimate of drug-likeness (QED) is 0.375. The summed E-state index contributed by atoms with van der Waals surface area (Å²) in [6.07, 6.45) is 0. The predicted octanol–water partition coefficient (Wildman–Crippen LogP) is 2.42. The first-order chi connectivity index (χ1) is 8.08. The number of halogens is 2. The lowest BCUT2D eigenvalue weighted by molar-refractivity contribution is -0.139. The van der Waals surface area contributed by atoms with Gasteiger partial charge in [0, 0.05) is 4.90 Å². The third-order valence-electron chi connectivity index (χ3n) is 1.83. The van der Waals surface area contributed by atoms with Crippen LogP contribution in [0.2, 0.25) is 5.02 Å². The second kappa shape index (κ2) is 6.68. The van der Waals surface area contributed by atoms with Gasteiger partial charge >= 0.3 is 5.97 Å². The van der Waals surface area contributed by atoms with E-state index < -0.39 is 5.82 Å². The van der Waals surface area contributed by atoms with Crippen LogP contribution in [0.15, 0.2) is 17.0 Å². The topological polar surface area (TPSA) is 64.3 Å². The van der Waals surface area contributed by atoms with Gasteiger partial charge in [-0.15, -0.1) is 11.8 Å². The van der Waals surface area contributed by atoms with Gasteiger partial charge in [0.2, 0.25) is 0 Å². The number of anilines is 1. The van der Waals surface area contributed by atoms with E-state index >= 15 is 0 Å². The van der Waals surface area contributed by atoms with Crippen LogP contribution < -0.4 is 11.3 Å². The Morgan fingerprint density at radius 2 is 2.35 bits per heavy atom. The molecule has 1 aromatic carbocycles. The Morgan fingerprint density at radius 3 is 2.94 bits per heavy atom. The van der Waals surface area contributed by atoms with Crippen molar-refractivity contribution in [3.05, 3.63) is 23.0 Å². The maximum absolute atomic E-state index is 13.2. The van der Waals surface area contributed by atoms with Crippen LogP contribution in [-0.4, -0.2) is 18.3 Å². The summed E-state index contributed by atoms with van der Waals surface area (Å²) in [4.78, 5) is 11.7. The zero-order valence-electron chi connectivity index (χ0n) is 9.13. The second-order valence-corrected chi connectivity index (χ2v) is 4.42. The largest absolute Gasteiger partial charge is 0.465 e. The third kappa shape index (κ3) is 4.07. The van der Waals surface area contributed by atoms with Crippen molar-refractivity contribution in [3.8, 4) is 0 Å². The molecular formula is C10H12ClFN2O2S. The Labute approximate surface area is 108 Å². The van der Waals surface area contributed by atoms with Crippen LogP contribution in [-0.2, 0) is 9.53 Å². The van der Waals surface area contributed by atoms with Crippen LogP contribution in [0.5, 0.6) is 0 Å². The molecule has 0 saturated heterocycles. The highest BCUT2D eigenvalue weighted by Gasteiger charge is 2.10. The Hall–Kier alpha value is -0.980. The van der Waals surface area contributed by atoms with Gasteiger partial charge in [0.25, 0.3) is 0 Å². The number of rotatable bonds is 5. The first-order valence-electron chi connectivity index (χ1n) is 4.82. The van der Waals surface area contributed by atoms with Crippen LogP contribution in [0.25, 0.3) is 0 Å². The Morgan fingerprint density at radius 1 is 1.65 bits per heavy atom. The van der Waals surface area contributed by atoms with E-state index in [1.54, 1.807) is 6.92 Å². The molecule has 17 heavy (non-hydrogen) atoms. The standard InChI is InChI=1S/C10H12ClFN2O2S/c1-2-16-10(15)5-17-9-4-8(14-13)7(12)3-6(9)11/h3-4,14H,2,5,13H2,1H3. The molecule has 0 fully saturated rings. The molecule has 3 N–H and O–H groups in total. The summed E-state index contributed by atoms with van der Waals surface area (Å²) >= 11 is 7.00. The van der Waals surface area contributed by atoms with Crippen molar-refractivity contribution in [3.63, 3.8) is 0 Å². The molecule has 0 heterocycles. The molecule has 0 bridgehead atoms. The lowest BCUT2D eigenvalue weighted by Gasteiger charge is -2.08. The summed E-state index contributed by atoms with van der Waals surface area (Å²) < 4.78 is 18.0. The van der Waals surface area contributed by atoms with Gasteiger partial charge in [-0.3, -0.25) is 10.6 Å². The Bertz CT molecular complexity index is 418. The number of hydrazine groups is 1. The number of nitrogen functional groups attached to an aromatic ring is 1. The Kier molecular flexibility index (Phi) is 5.54. The first-order valence-corrected chi connectivity index (χ1v) is 6.19. The molecule has 7 heteroatoms. The molecule has 0 aromatic heterocycles. The van der Waals surface area contributed by atoms with E-state index in [1.165, 1.54) is 6.07 Å². The number of nitrogens with two attached hydrogens (primary N) is 1. The normalized spacial score (nSPS) is 10.1. The van der Waals surface area contributed by atoms with Crippen molar-refractivity contribution in [1.82, 2.24) is 0 Å². The summed E-state index contributed by atoms with van der Waals surface area (Å²) in [6, 6.07) is 2.59. The van der Waals surface area contributed by atoms with Gasteiger partial charge in [0.15, 0.2) is 0 Å². The number of thioether (sulfide) groups is 1. The molecule has 0 amide bonds. The van der Waals surface area contributed by atoms with E-state index in [4.69, 9.17) is 22.2 Å². The molecule has 0 spiro atoms. The highest BCUT2D eigenvalue weighted by molar-refractivity contribution is 8.00. The summed E-state index contributed by atoms with van der Waals surface area (Å²) in [5, 5.41) is 0.232. The summed E-state index contributed by atoms with van der Waals surface area (Å²) in [5.41, 5.74) is 2.34. The van der Waals surface area contributed by atoms with Crippen molar-refractivity contribution in [1.29, 1.82) is 0 Å². The maximum Gasteiger partial charge on any atom is 0.316 e. The smallest absolute Gasteiger partial charge is 0.316 e.